The van der Waals surface area contributed by atoms with Crippen molar-refractivity contribution in [3.05, 3.63) is 52.2 Å². The van der Waals surface area contributed by atoms with Crippen LogP contribution >= 0.6 is 0 Å². The molecule has 122 valence electrons. The molecule has 2 rings (SSSR count). The minimum absolute atomic E-state index is 0.0238. The third-order valence-electron chi connectivity index (χ3n) is 3.55. The number of esters is 1. The normalized spacial score (nSPS) is 10.6. The fourth-order valence-electron chi connectivity index (χ4n) is 2.56. The minimum atomic E-state index is -0.651. The molecule has 0 unspecified atom stereocenters. The van der Waals surface area contributed by atoms with Crippen LogP contribution in [0.1, 0.15) is 29.9 Å². The quantitative estimate of drug-likeness (QED) is 0.819. The second-order valence-electron chi connectivity index (χ2n) is 4.91. The van der Waals surface area contributed by atoms with Crippen molar-refractivity contribution in [3.8, 4) is 11.1 Å². The molecule has 0 saturated carbocycles. The van der Waals surface area contributed by atoms with Gasteiger partial charge in [0.2, 0.25) is 0 Å². The predicted octanol–water partition coefficient (Wildman–Crippen LogP) is 1.64. The monoisotopic (exact) mass is 316 g/mol. The van der Waals surface area contributed by atoms with Crippen LogP contribution in [0.4, 0.5) is 0 Å². The van der Waals surface area contributed by atoms with E-state index < -0.39 is 11.5 Å². The smallest absolute Gasteiger partial charge is 0.343 e. The van der Waals surface area contributed by atoms with E-state index in [1.807, 2.05) is 19.1 Å². The number of pyridine rings is 2. The van der Waals surface area contributed by atoms with Crippen molar-refractivity contribution in [3.63, 3.8) is 0 Å². The molecule has 0 aliphatic heterocycles. The van der Waals surface area contributed by atoms with E-state index in [1.165, 1.54) is 4.57 Å². The van der Waals surface area contributed by atoms with E-state index in [-0.39, 0.29) is 25.3 Å². The van der Waals surface area contributed by atoms with Gasteiger partial charge in [-0.3, -0.25) is 9.78 Å². The molecule has 2 aromatic rings. The maximum Gasteiger partial charge on any atom is 0.343 e. The Morgan fingerprint density at radius 2 is 2.00 bits per heavy atom. The number of ether oxygens (including phenoxy) is 1. The van der Waals surface area contributed by atoms with Gasteiger partial charge in [0, 0.05) is 30.2 Å². The fraction of sp³-hybridized carbons (Fsp3) is 0.353. The largest absolute Gasteiger partial charge is 0.462 e. The lowest BCUT2D eigenvalue weighted by molar-refractivity contribution is 0.0523. The molecule has 0 spiro atoms. The number of aromatic nitrogens is 2. The van der Waals surface area contributed by atoms with E-state index in [0.29, 0.717) is 6.42 Å². The van der Waals surface area contributed by atoms with E-state index in [0.717, 1.165) is 16.8 Å². The summed E-state index contributed by atoms with van der Waals surface area (Å²) in [7, 11) is 0. The molecule has 0 fully saturated rings. The van der Waals surface area contributed by atoms with Gasteiger partial charge in [-0.2, -0.15) is 0 Å². The van der Waals surface area contributed by atoms with Crippen LogP contribution < -0.4 is 5.56 Å². The van der Waals surface area contributed by atoms with Crippen molar-refractivity contribution in [2.75, 3.05) is 13.2 Å². The molecule has 0 atom stereocenters. The van der Waals surface area contributed by atoms with Crippen LogP contribution in [0.25, 0.3) is 11.1 Å². The molecular weight excluding hydrogens is 296 g/mol. The van der Waals surface area contributed by atoms with Crippen LogP contribution in [0.5, 0.6) is 0 Å². The van der Waals surface area contributed by atoms with Gasteiger partial charge in [0.1, 0.15) is 5.56 Å². The number of nitrogens with zero attached hydrogens (tertiary/aromatic N) is 2. The molecule has 23 heavy (non-hydrogen) atoms. The molecule has 6 heteroatoms. The Morgan fingerprint density at radius 1 is 1.30 bits per heavy atom. The second-order valence-corrected chi connectivity index (χ2v) is 4.91. The molecule has 6 nitrogen and oxygen atoms in total. The Kier molecular flexibility index (Phi) is 5.65. The van der Waals surface area contributed by atoms with Crippen LogP contribution in [-0.4, -0.2) is 33.8 Å². The van der Waals surface area contributed by atoms with E-state index in [2.05, 4.69) is 4.98 Å². The Balaban J connectivity index is 2.74. The van der Waals surface area contributed by atoms with Gasteiger partial charge >= 0.3 is 5.97 Å². The van der Waals surface area contributed by atoms with Gasteiger partial charge in [0.05, 0.1) is 13.2 Å². The van der Waals surface area contributed by atoms with Gasteiger partial charge in [0.25, 0.3) is 5.56 Å². The lowest BCUT2D eigenvalue weighted by Gasteiger charge is -2.17. The zero-order valence-corrected chi connectivity index (χ0v) is 13.3. The van der Waals surface area contributed by atoms with Crippen LogP contribution in [0.2, 0.25) is 0 Å². The summed E-state index contributed by atoms with van der Waals surface area (Å²) < 4.78 is 6.43. The average molecular weight is 316 g/mol. The molecule has 0 aliphatic rings. The fourth-order valence-corrected chi connectivity index (χ4v) is 2.56. The summed E-state index contributed by atoms with van der Waals surface area (Å²) in [6.07, 6.45) is 3.90. The topological polar surface area (TPSA) is 81.4 Å². The van der Waals surface area contributed by atoms with Crippen LogP contribution in [-0.2, 0) is 17.7 Å². The zero-order chi connectivity index (χ0) is 16.8. The van der Waals surface area contributed by atoms with Gasteiger partial charge in [-0.05, 0) is 37.1 Å². The molecule has 0 saturated heterocycles. The van der Waals surface area contributed by atoms with Gasteiger partial charge in [-0.25, -0.2) is 4.79 Å². The van der Waals surface area contributed by atoms with Crippen LogP contribution in [0, 0.1) is 0 Å². The molecule has 0 radical (unpaired) electrons. The maximum atomic E-state index is 12.6. The average Bonchev–Trinajstić information content (AvgIpc) is 2.57. The summed E-state index contributed by atoms with van der Waals surface area (Å²) in [4.78, 5) is 28.7. The number of hydrogen-bond donors (Lipinski definition) is 1. The molecule has 1 N–H and O–H groups in total. The first-order valence-corrected chi connectivity index (χ1v) is 7.59. The third-order valence-corrected chi connectivity index (χ3v) is 3.55. The predicted molar refractivity (Wildman–Crippen MR) is 86.4 cm³/mol. The standard InChI is InChI=1S/C17H20N2O4/c1-3-15-13(12-5-7-18-8-6-12)11-14(17(22)23-4-2)16(21)19(15)9-10-20/h5-8,11,20H,3-4,9-10H2,1-2H3. The van der Waals surface area contributed by atoms with E-state index >= 15 is 0 Å². The van der Waals surface area contributed by atoms with Crippen molar-refractivity contribution in [1.29, 1.82) is 0 Å². The Morgan fingerprint density at radius 3 is 2.57 bits per heavy atom. The van der Waals surface area contributed by atoms with E-state index in [4.69, 9.17) is 4.74 Å². The SMILES string of the molecule is CCOC(=O)c1cc(-c2ccncc2)c(CC)n(CCO)c1=O. The highest BCUT2D eigenvalue weighted by Gasteiger charge is 2.20. The zero-order valence-electron chi connectivity index (χ0n) is 13.3. The van der Waals surface area contributed by atoms with Crippen molar-refractivity contribution < 1.29 is 14.6 Å². The molecule has 0 aliphatic carbocycles. The van der Waals surface area contributed by atoms with Gasteiger partial charge in [0.15, 0.2) is 0 Å². The molecule has 0 bridgehead atoms. The summed E-state index contributed by atoms with van der Waals surface area (Å²) in [5, 5.41) is 9.27. The molecule has 0 aromatic carbocycles. The second kappa shape index (κ2) is 7.69. The van der Waals surface area contributed by atoms with E-state index in [9.17, 15) is 14.7 Å². The summed E-state index contributed by atoms with van der Waals surface area (Å²) >= 11 is 0. The summed E-state index contributed by atoms with van der Waals surface area (Å²) in [6.45, 7) is 3.76. The lowest BCUT2D eigenvalue weighted by Crippen LogP contribution is -2.31. The molecular formula is C17H20N2O4. The first-order valence-electron chi connectivity index (χ1n) is 7.59. The first kappa shape index (κ1) is 16.9. The molecule has 0 amide bonds. The van der Waals surface area contributed by atoms with Crippen molar-refractivity contribution in [2.45, 2.75) is 26.8 Å². The highest BCUT2D eigenvalue weighted by atomic mass is 16.5. The van der Waals surface area contributed by atoms with Gasteiger partial charge < -0.3 is 14.4 Å². The van der Waals surface area contributed by atoms with Crippen LogP contribution in [0.15, 0.2) is 35.4 Å². The van der Waals surface area contributed by atoms with Crippen molar-refractivity contribution in [1.82, 2.24) is 9.55 Å². The summed E-state index contributed by atoms with van der Waals surface area (Å²) in [5.41, 5.74) is 1.93. The number of aliphatic hydroxyl groups is 1. The summed E-state index contributed by atoms with van der Waals surface area (Å²) in [5.74, 6) is -0.651. The molecule has 2 heterocycles. The highest BCUT2D eigenvalue weighted by molar-refractivity contribution is 5.91. The lowest BCUT2D eigenvalue weighted by atomic mass is 10.0. The summed E-state index contributed by atoms with van der Waals surface area (Å²) in [6, 6.07) is 5.21. The Bertz CT molecular complexity index is 738. The molecule has 2 aromatic heterocycles. The van der Waals surface area contributed by atoms with Crippen molar-refractivity contribution >= 4 is 5.97 Å². The number of rotatable bonds is 6. The third kappa shape index (κ3) is 3.48. The van der Waals surface area contributed by atoms with Gasteiger partial charge in [-0.15, -0.1) is 0 Å². The maximum absolute atomic E-state index is 12.6. The van der Waals surface area contributed by atoms with Crippen LogP contribution in [0.3, 0.4) is 0 Å². The highest BCUT2D eigenvalue weighted by Crippen LogP contribution is 2.24. The Labute approximate surface area is 134 Å². The van der Waals surface area contributed by atoms with E-state index in [1.54, 1.807) is 25.4 Å². The van der Waals surface area contributed by atoms with Gasteiger partial charge in [-0.1, -0.05) is 6.92 Å². The minimum Gasteiger partial charge on any atom is -0.462 e. The Hall–Kier alpha value is -2.47. The number of hydrogen-bond acceptors (Lipinski definition) is 5. The number of aliphatic hydroxyl groups excluding tert-OH is 1. The van der Waals surface area contributed by atoms with Crippen molar-refractivity contribution in [2.24, 2.45) is 0 Å². The number of carbonyl (C=O) groups excluding carboxylic acids is 1. The number of carbonyl (C=O) groups is 1. The first-order chi connectivity index (χ1) is 11.1.